The first-order chi connectivity index (χ1) is 32.3. The molecule has 0 radical (unpaired) electrons. The summed E-state index contributed by atoms with van der Waals surface area (Å²) in [5, 5.41) is 4.85. The van der Waals surface area contributed by atoms with Crippen molar-refractivity contribution >= 4 is 55.7 Å². The first-order valence-corrected chi connectivity index (χ1v) is 22.5. The minimum Gasteiger partial charge on any atom is -0.310 e. The van der Waals surface area contributed by atoms with Gasteiger partial charge in [-0.05, 0) is 133 Å². The van der Waals surface area contributed by atoms with Crippen LogP contribution in [0.1, 0.15) is 22.3 Å². The van der Waals surface area contributed by atoms with E-state index in [1.54, 1.807) is 0 Å². The molecular formula is C63H42N2. The van der Waals surface area contributed by atoms with Gasteiger partial charge in [0.05, 0.1) is 16.8 Å². The Morgan fingerprint density at radius 1 is 0.246 bits per heavy atom. The second-order valence-electron chi connectivity index (χ2n) is 17.2. The van der Waals surface area contributed by atoms with Crippen LogP contribution in [0.5, 0.6) is 0 Å². The molecule has 2 heteroatoms. The molecule has 0 amide bonds. The van der Waals surface area contributed by atoms with Crippen molar-refractivity contribution in [3.63, 3.8) is 0 Å². The Labute approximate surface area is 379 Å². The van der Waals surface area contributed by atoms with Gasteiger partial charge in [-0.3, -0.25) is 0 Å². The maximum atomic E-state index is 2.50. The minimum absolute atomic E-state index is 0.584. The Hall–Kier alpha value is -8.46. The van der Waals surface area contributed by atoms with Crippen LogP contribution in [0, 0.1) is 0 Å². The van der Waals surface area contributed by atoms with E-state index in [0.717, 1.165) is 34.1 Å². The molecule has 11 aromatic carbocycles. The third-order valence-electron chi connectivity index (χ3n) is 13.8. The van der Waals surface area contributed by atoms with Crippen molar-refractivity contribution in [1.29, 1.82) is 0 Å². The van der Waals surface area contributed by atoms with Crippen molar-refractivity contribution in [2.75, 3.05) is 9.80 Å². The minimum atomic E-state index is -0.584. The SMILES string of the molecule is c1ccc(-c2cc3ccccc3cc2N(c2ccccc2)c2ccc3c(c2)C2(c4ccccc4-3)c3ccccc3-c3ccc(N(c4ccccc4)c4cccc5ccccc45)cc32)cc1. The van der Waals surface area contributed by atoms with Gasteiger partial charge in [0.2, 0.25) is 0 Å². The molecule has 0 fully saturated rings. The summed E-state index contributed by atoms with van der Waals surface area (Å²) in [5.41, 5.74) is 18.8. The van der Waals surface area contributed by atoms with Crippen LogP contribution in [0.3, 0.4) is 0 Å². The molecule has 0 saturated heterocycles. The number of rotatable bonds is 7. The number of hydrogen-bond acceptors (Lipinski definition) is 2. The normalized spacial score (nSPS) is 14.2. The summed E-state index contributed by atoms with van der Waals surface area (Å²) >= 11 is 0. The van der Waals surface area contributed by atoms with E-state index in [1.807, 2.05) is 0 Å². The number of fused-ring (bicyclic) bond motifs is 12. The Kier molecular flexibility index (Phi) is 8.47. The van der Waals surface area contributed by atoms with Gasteiger partial charge in [-0.25, -0.2) is 0 Å². The summed E-state index contributed by atoms with van der Waals surface area (Å²) in [5.74, 6) is 0. The van der Waals surface area contributed by atoms with E-state index < -0.39 is 5.41 Å². The molecule has 0 saturated carbocycles. The molecule has 2 aliphatic carbocycles. The predicted octanol–water partition coefficient (Wildman–Crippen LogP) is 16.9. The molecule has 0 aromatic heterocycles. The Balaban J connectivity index is 1.09. The maximum Gasteiger partial charge on any atom is 0.0727 e. The lowest BCUT2D eigenvalue weighted by Crippen LogP contribution is -2.26. The fourth-order valence-electron chi connectivity index (χ4n) is 11.1. The van der Waals surface area contributed by atoms with Crippen molar-refractivity contribution in [2.45, 2.75) is 5.41 Å². The van der Waals surface area contributed by atoms with Crippen molar-refractivity contribution in [1.82, 2.24) is 0 Å². The first kappa shape index (κ1) is 37.1. The monoisotopic (exact) mass is 826 g/mol. The van der Waals surface area contributed by atoms with Crippen LogP contribution in [0.4, 0.5) is 34.1 Å². The van der Waals surface area contributed by atoms with Crippen molar-refractivity contribution < 1.29 is 0 Å². The van der Waals surface area contributed by atoms with E-state index in [1.165, 1.54) is 77.2 Å². The maximum absolute atomic E-state index is 2.50. The predicted molar refractivity (Wildman–Crippen MR) is 273 cm³/mol. The van der Waals surface area contributed by atoms with E-state index in [4.69, 9.17) is 0 Å². The Bertz CT molecular complexity index is 3600. The molecule has 1 spiro atoms. The zero-order valence-corrected chi connectivity index (χ0v) is 35.6. The van der Waals surface area contributed by atoms with Crippen LogP contribution in [0.2, 0.25) is 0 Å². The summed E-state index contributed by atoms with van der Waals surface area (Å²) in [6.45, 7) is 0. The van der Waals surface area contributed by atoms with E-state index >= 15 is 0 Å². The highest BCUT2D eigenvalue weighted by molar-refractivity contribution is 6.02. The topological polar surface area (TPSA) is 6.48 Å². The highest BCUT2D eigenvalue weighted by Crippen LogP contribution is 2.64. The number of hydrogen-bond donors (Lipinski definition) is 0. The molecular weight excluding hydrogens is 785 g/mol. The second kappa shape index (κ2) is 14.8. The smallest absolute Gasteiger partial charge is 0.0727 e. The van der Waals surface area contributed by atoms with Gasteiger partial charge in [0.15, 0.2) is 0 Å². The van der Waals surface area contributed by atoms with Crippen molar-refractivity contribution in [2.24, 2.45) is 0 Å². The van der Waals surface area contributed by atoms with Crippen LogP contribution in [-0.2, 0) is 5.41 Å². The molecule has 304 valence electrons. The first-order valence-electron chi connectivity index (χ1n) is 22.5. The average Bonchev–Trinajstić information content (AvgIpc) is 3.84. The number of para-hydroxylation sites is 2. The summed E-state index contributed by atoms with van der Waals surface area (Å²) < 4.78 is 0. The van der Waals surface area contributed by atoms with Crippen LogP contribution >= 0.6 is 0 Å². The Morgan fingerprint density at radius 2 is 0.692 bits per heavy atom. The third kappa shape index (κ3) is 5.67. The van der Waals surface area contributed by atoms with E-state index in [9.17, 15) is 0 Å². The molecule has 1 unspecified atom stereocenters. The van der Waals surface area contributed by atoms with E-state index in [-0.39, 0.29) is 0 Å². The molecule has 2 aliphatic rings. The number of benzene rings is 11. The highest BCUT2D eigenvalue weighted by atomic mass is 15.2. The van der Waals surface area contributed by atoms with Gasteiger partial charge in [0, 0.05) is 33.7 Å². The fourth-order valence-corrected chi connectivity index (χ4v) is 11.1. The van der Waals surface area contributed by atoms with Gasteiger partial charge < -0.3 is 9.80 Å². The van der Waals surface area contributed by atoms with Gasteiger partial charge in [-0.15, -0.1) is 0 Å². The van der Waals surface area contributed by atoms with Crippen LogP contribution in [0.15, 0.2) is 255 Å². The zero-order chi connectivity index (χ0) is 42.9. The molecule has 0 heterocycles. The molecule has 0 N–H and O–H groups in total. The van der Waals surface area contributed by atoms with E-state index in [2.05, 4.69) is 265 Å². The lowest BCUT2D eigenvalue weighted by molar-refractivity contribution is 0.793. The summed E-state index contributed by atoms with van der Waals surface area (Å²) in [7, 11) is 0. The highest BCUT2D eigenvalue weighted by Gasteiger charge is 2.52. The largest absolute Gasteiger partial charge is 0.310 e. The van der Waals surface area contributed by atoms with Crippen molar-refractivity contribution in [3.05, 3.63) is 277 Å². The zero-order valence-electron chi connectivity index (χ0n) is 35.6. The second-order valence-corrected chi connectivity index (χ2v) is 17.2. The summed E-state index contributed by atoms with van der Waals surface area (Å²) in [6, 6.07) is 94.0. The lowest BCUT2D eigenvalue weighted by atomic mass is 9.70. The van der Waals surface area contributed by atoms with Crippen LogP contribution in [0.25, 0.3) is 54.9 Å². The molecule has 65 heavy (non-hydrogen) atoms. The van der Waals surface area contributed by atoms with Crippen LogP contribution < -0.4 is 9.80 Å². The number of nitrogens with zero attached hydrogens (tertiary/aromatic N) is 2. The van der Waals surface area contributed by atoms with Gasteiger partial charge >= 0.3 is 0 Å². The average molecular weight is 827 g/mol. The van der Waals surface area contributed by atoms with Gasteiger partial charge in [-0.1, -0.05) is 188 Å². The summed E-state index contributed by atoms with van der Waals surface area (Å²) in [6.07, 6.45) is 0. The molecule has 0 aliphatic heterocycles. The lowest BCUT2D eigenvalue weighted by Gasteiger charge is -2.34. The van der Waals surface area contributed by atoms with Gasteiger partial charge in [0.25, 0.3) is 0 Å². The molecule has 11 aromatic rings. The molecule has 2 nitrogen and oxygen atoms in total. The Morgan fingerprint density at radius 3 is 1.29 bits per heavy atom. The van der Waals surface area contributed by atoms with Gasteiger partial charge in [0.1, 0.15) is 0 Å². The number of anilines is 6. The van der Waals surface area contributed by atoms with E-state index in [0.29, 0.717) is 0 Å². The third-order valence-corrected chi connectivity index (χ3v) is 13.8. The fraction of sp³-hybridized carbons (Fsp3) is 0.0159. The molecule has 1 atom stereocenters. The van der Waals surface area contributed by atoms with Crippen molar-refractivity contribution in [3.8, 4) is 33.4 Å². The van der Waals surface area contributed by atoms with Gasteiger partial charge in [-0.2, -0.15) is 0 Å². The molecule has 13 rings (SSSR count). The van der Waals surface area contributed by atoms with Crippen LogP contribution in [-0.4, -0.2) is 0 Å². The summed E-state index contributed by atoms with van der Waals surface area (Å²) in [4.78, 5) is 4.92. The standard InChI is InChI=1S/C63H42N2/c1-4-19-44(20-5-1)56-39-45-22-10-11-23-46(45)40-62(56)65(48-27-8-3-9-28-48)50-36-38-55-53-31-15-17-33-58(53)63(60(55)42-50)57-32-16-14-30-52(57)54-37-35-49(41-59(54)63)64(47-25-6-2-7-26-47)61-34-18-24-43-21-12-13-29-51(43)61/h1-42H. The quantitative estimate of drug-likeness (QED) is 0.158. The molecule has 0 bridgehead atoms.